The molecule has 4 nitrogen and oxygen atoms in total. The highest BCUT2D eigenvalue weighted by atomic mass is 79.9. The molecule has 3 fully saturated rings. The molecule has 1 aromatic rings. The van der Waals surface area contributed by atoms with E-state index in [1.165, 1.54) is 0 Å². The molecule has 0 unspecified atom stereocenters. The van der Waals surface area contributed by atoms with Crippen molar-refractivity contribution in [2.75, 3.05) is 5.32 Å². The number of ether oxygens (including phenoxy) is 1. The predicted octanol–water partition coefficient (Wildman–Crippen LogP) is 3.89. The minimum atomic E-state index is -0.324. The van der Waals surface area contributed by atoms with Gasteiger partial charge >= 0.3 is 5.97 Å². The summed E-state index contributed by atoms with van der Waals surface area (Å²) >= 11 is 15.5. The highest BCUT2D eigenvalue weighted by Crippen LogP contribution is 2.57. The molecule has 1 amide bonds. The molecule has 2 saturated carbocycles. The lowest BCUT2D eigenvalue weighted by atomic mass is 9.79. The van der Waals surface area contributed by atoms with Gasteiger partial charge in [-0.15, -0.1) is 0 Å². The van der Waals surface area contributed by atoms with Crippen LogP contribution in [0.25, 0.3) is 0 Å². The van der Waals surface area contributed by atoms with Crippen LogP contribution in [0, 0.1) is 23.7 Å². The van der Waals surface area contributed by atoms with Crippen molar-refractivity contribution in [2.24, 2.45) is 23.7 Å². The smallest absolute Gasteiger partial charge is 0.310 e. The zero-order valence-corrected chi connectivity index (χ0v) is 14.4. The van der Waals surface area contributed by atoms with Crippen molar-refractivity contribution in [3.8, 4) is 0 Å². The van der Waals surface area contributed by atoms with E-state index < -0.39 is 0 Å². The maximum atomic E-state index is 12.7. The van der Waals surface area contributed by atoms with Crippen molar-refractivity contribution < 1.29 is 14.3 Å². The fourth-order valence-electron chi connectivity index (χ4n) is 4.20. The minimum absolute atomic E-state index is 0.0252. The summed E-state index contributed by atoms with van der Waals surface area (Å²) in [5.41, 5.74) is 0.463. The third kappa shape index (κ3) is 2.02. The molecule has 3 aliphatic rings. The van der Waals surface area contributed by atoms with Crippen molar-refractivity contribution in [2.45, 2.75) is 18.9 Å². The Bertz CT molecular complexity index is 694. The molecule has 0 spiro atoms. The summed E-state index contributed by atoms with van der Waals surface area (Å²) in [6.45, 7) is 0. The standard InChI is InChI=1S/C15H12BrCl2NO3/c16-7-1-2-8(13(18)12(7)17)19-14(20)10-5-3-6-9(4-5)22-15(21)11(6)10/h1-2,5-6,9-11H,3-4H2,(H,19,20)/t5-,6+,9-,10+,11+/m1/s1. The predicted molar refractivity (Wildman–Crippen MR) is 85.9 cm³/mol. The summed E-state index contributed by atoms with van der Waals surface area (Å²) in [4.78, 5) is 24.6. The zero-order chi connectivity index (χ0) is 15.6. The van der Waals surface area contributed by atoms with Gasteiger partial charge in [0.05, 0.1) is 27.6 Å². The zero-order valence-electron chi connectivity index (χ0n) is 11.3. The molecule has 5 atom stereocenters. The van der Waals surface area contributed by atoms with Gasteiger partial charge in [-0.1, -0.05) is 23.2 Å². The summed E-state index contributed by atoms with van der Waals surface area (Å²) in [7, 11) is 0. The first-order valence-electron chi connectivity index (χ1n) is 7.12. The molecule has 1 N–H and O–H groups in total. The molecule has 116 valence electrons. The van der Waals surface area contributed by atoms with E-state index in [-0.39, 0.29) is 41.7 Å². The van der Waals surface area contributed by atoms with E-state index in [2.05, 4.69) is 21.2 Å². The second-order valence-electron chi connectivity index (χ2n) is 6.13. The number of benzene rings is 1. The topological polar surface area (TPSA) is 55.4 Å². The Kier molecular flexibility index (Phi) is 3.44. The summed E-state index contributed by atoms with van der Waals surface area (Å²) in [5, 5.41) is 3.47. The van der Waals surface area contributed by atoms with Crippen molar-refractivity contribution >= 4 is 56.7 Å². The molecule has 7 heteroatoms. The summed E-state index contributed by atoms with van der Waals surface area (Å²) in [6.07, 6.45) is 1.71. The molecule has 1 heterocycles. The fraction of sp³-hybridized carbons (Fsp3) is 0.467. The number of hydrogen-bond donors (Lipinski definition) is 1. The number of hydrogen-bond acceptors (Lipinski definition) is 3. The lowest BCUT2D eigenvalue weighted by molar-refractivity contribution is -0.145. The van der Waals surface area contributed by atoms with Gasteiger partial charge in [0.25, 0.3) is 0 Å². The van der Waals surface area contributed by atoms with Gasteiger partial charge < -0.3 is 10.1 Å². The van der Waals surface area contributed by atoms with E-state index in [1.54, 1.807) is 12.1 Å². The van der Waals surface area contributed by atoms with Crippen LogP contribution in [0.3, 0.4) is 0 Å². The second-order valence-corrected chi connectivity index (χ2v) is 7.74. The first-order chi connectivity index (χ1) is 10.5. The van der Waals surface area contributed by atoms with Crippen LogP contribution in [0.4, 0.5) is 5.69 Å². The third-order valence-electron chi connectivity index (χ3n) is 5.08. The Hall–Kier alpha value is -0.780. The van der Waals surface area contributed by atoms with Crippen LogP contribution in [0.1, 0.15) is 12.8 Å². The molecule has 1 aromatic carbocycles. The van der Waals surface area contributed by atoms with Crippen LogP contribution in [0.5, 0.6) is 0 Å². The number of anilines is 1. The van der Waals surface area contributed by atoms with Gasteiger partial charge in [-0.25, -0.2) is 0 Å². The molecular formula is C15H12BrCl2NO3. The van der Waals surface area contributed by atoms with Gasteiger partial charge in [-0.3, -0.25) is 9.59 Å². The number of esters is 1. The highest BCUT2D eigenvalue weighted by molar-refractivity contribution is 9.10. The normalized spacial score (nSPS) is 34.9. The van der Waals surface area contributed by atoms with Crippen LogP contribution in [0.15, 0.2) is 16.6 Å². The maximum absolute atomic E-state index is 12.7. The van der Waals surface area contributed by atoms with Crippen molar-refractivity contribution in [1.29, 1.82) is 0 Å². The van der Waals surface area contributed by atoms with Gasteiger partial charge in [0.2, 0.25) is 5.91 Å². The van der Waals surface area contributed by atoms with Crippen LogP contribution in [-0.2, 0) is 14.3 Å². The number of carbonyl (C=O) groups excluding carboxylic acids is 2. The number of carbonyl (C=O) groups is 2. The first-order valence-corrected chi connectivity index (χ1v) is 8.67. The monoisotopic (exact) mass is 403 g/mol. The number of nitrogens with one attached hydrogen (secondary N) is 1. The van der Waals surface area contributed by atoms with Crippen LogP contribution in [-0.4, -0.2) is 18.0 Å². The Labute approximate surface area is 145 Å². The van der Waals surface area contributed by atoms with Crippen molar-refractivity contribution in [3.63, 3.8) is 0 Å². The summed E-state index contributed by atoms with van der Waals surface area (Å²) < 4.78 is 6.02. The number of fused-ring (bicyclic) bond motifs is 1. The van der Waals surface area contributed by atoms with E-state index in [0.717, 1.165) is 12.8 Å². The lowest BCUT2D eigenvalue weighted by Gasteiger charge is -2.23. The van der Waals surface area contributed by atoms with Crippen LogP contribution < -0.4 is 5.32 Å². The molecule has 2 bridgehead atoms. The highest BCUT2D eigenvalue weighted by Gasteiger charge is 2.63. The van der Waals surface area contributed by atoms with Gasteiger partial charge in [0.1, 0.15) is 6.10 Å². The number of rotatable bonds is 2. The Balaban J connectivity index is 1.59. The molecule has 0 aromatic heterocycles. The van der Waals surface area contributed by atoms with E-state index in [1.807, 2.05) is 0 Å². The van der Waals surface area contributed by atoms with Crippen LogP contribution in [0.2, 0.25) is 10.0 Å². The van der Waals surface area contributed by atoms with Crippen LogP contribution >= 0.6 is 39.1 Å². The molecule has 2 aliphatic carbocycles. The van der Waals surface area contributed by atoms with E-state index in [4.69, 9.17) is 27.9 Å². The summed E-state index contributed by atoms with van der Waals surface area (Å²) in [6, 6.07) is 3.42. The fourth-order valence-corrected chi connectivity index (χ4v) is 5.02. The third-order valence-corrected chi connectivity index (χ3v) is 6.85. The Morgan fingerprint density at radius 3 is 2.82 bits per heavy atom. The van der Waals surface area contributed by atoms with Gasteiger partial charge in [-0.05, 0) is 46.8 Å². The van der Waals surface area contributed by atoms with E-state index in [9.17, 15) is 9.59 Å². The first kappa shape index (κ1) is 14.8. The largest absolute Gasteiger partial charge is 0.462 e. The molecule has 0 radical (unpaired) electrons. The van der Waals surface area contributed by atoms with Gasteiger partial charge in [-0.2, -0.15) is 0 Å². The molecule has 4 rings (SSSR count). The average molecular weight is 405 g/mol. The number of amides is 1. The minimum Gasteiger partial charge on any atom is -0.462 e. The molecule has 1 aliphatic heterocycles. The van der Waals surface area contributed by atoms with Crippen molar-refractivity contribution in [1.82, 2.24) is 0 Å². The molecule has 1 saturated heterocycles. The van der Waals surface area contributed by atoms with Gasteiger partial charge in [0.15, 0.2) is 0 Å². The summed E-state index contributed by atoms with van der Waals surface area (Å²) in [5.74, 6) is -0.596. The molecule has 22 heavy (non-hydrogen) atoms. The van der Waals surface area contributed by atoms with Gasteiger partial charge in [0, 0.05) is 10.4 Å². The SMILES string of the molecule is O=C(Nc1ccc(Br)c(Cl)c1Cl)[C@H]1[C@@H]2C[C@@H]3[C@@H]1C(=O)O[C@@H]3C2. The van der Waals surface area contributed by atoms with E-state index >= 15 is 0 Å². The Morgan fingerprint density at radius 1 is 1.27 bits per heavy atom. The lowest BCUT2D eigenvalue weighted by Crippen LogP contribution is -2.35. The number of halogens is 3. The Morgan fingerprint density at radius 2 is 2.05 bits per heavy atom. The quantitative estimate of drug-likeness (QED) is 0.600. The molecular weight excluding hydrogens is 393 g/mol. The van der Waals surface area contributed by atoms with E-state index in [0.29, 0.717) is 20.2 Å². The van der Waals surface area contributed by atoms with Crippen molar-refractivity contribution in [3.05, 3.63) is 26.7 Å². The second kappa shape index (κ2) is 5.11. The average Bonchev–Trinajstić information content (AvgIpc) is 3.09. The maximum Gasteiger partial charge on any atom is 0.310 e.